The Kier molecular flexibility index (Phi) is 4.44. The van der Waals surface area contributed by atoms with Crippen LogP contribution in [0, 0.1) is 23.2 Å². The van der Waals surface area contributed by atoms with E-state index < -0.39 is 0 Å². The Morgan fingerprint density at radius 2 is 1.68 bits per heavy atom. The molecule has 124 valence electrons. The average Bonchev–Trinajstić information content (AvgIpc) is 2.45. The standard InChI is InChI=1S/C17H28N2O3/c1-11(10-20)19-15(21)2-3-18-16(22)17-7-12-4-13(8-17)6-14(5-12)9-17/h11-14,20H,2-10H2,1H3,(H,18,22)(H,19,21). The lowest BCUT2D eigenvalue weighted by atomic mass is 9.49. The minimum Gasteiger partial charge on any atom is -0.394 e. The van der Waals surface area contributed by atoms with Gasteiger partial charge in [0.2, 0.25) is 11.8 Å². The molecular formula is C17H28N2O3. The molecule has 4 aliphatic carbocycles. The molecule has 4 fully saturated rings. The summed E-state index contributed by atoms with van der Waals surface area (Å²) in [6, 6.07) is -0.230. The van der Waals surface area contributed by atoms with Crippen LogP contribution in [0.3, 0.4) is 0 Å². The minimum absolute atomic E-state index is 0.0641. The molecule has 0 aromatic heterocycles. The second-order valence-electron chi connectivity index (χ2n) is 7.85. The molecule has 0 radical (unpaired) electrons. The molecule has 0 aromatic rings. The highest BCUT2D eigenvalue weighted by Crippen LogP contribution is 2.60. The highest BCUT2D eigenvalue weighted by Gasteiger charge is 2.54. The third kappa shape index (κ3) is 3.14. The SMILES string of the molecule is CC(CO)NC(=O)CCNC(=O)C12CC3CC(CC(C3)C1)C2. The minimum atomic E-state index is -0.230. The molecule has 0 saturated heterocycles. The molecule has 5 nitrogen and oxygen atoms in total. The second-order valence-corrected chi connectivity index (χ2v) is 7.85. The Balaban J connectivity index is 1.47. The van der Waals surface area contributed by atoms with Gasteiger partial charge in [0.25, 0.3) is 0 Å². The molecule has 2 amide bonds. The van der Waals surface area contributed by atoms with Crippen molar-refractivity contribution in [1.82, 2.24) is 10.6 Å². The van der Waals surface area contributed by atoms with E-state index in [1.165, 1.54) is 19.3 Å². The summed E-state index contributed by atoms with van der Waals surface area (Å²) in [4.78, 5) is 24.3. The lowest BCUT2D eigenvalue weighted by Gasteiger charge is -2.55. The van der Waals surface area contributed by atoms with Gasteiger partial charge in [-0.15, -0.1) is 0 Å². The van der Waals surface area contributed by atoms with E-state index in [1.807, 2.05) is 0 Å². The van der Waals surface area contributed by atoms with Gasteiger partial charge >= 0.3 is 0 Å². The van der Waals surface area contributed by atoms with Gasteiger partial charge in [-0.25, -0.2) is 0 Å². The molecule has 4 saturated carbocycles. The molecule has 22 heavy (non-hydrogen) atoms. The van der Waals surface area contributed by atoms with Crippen LogP contribution >= 0.6 is 0 Å². The number of aliphatic hydroxyl groups is 1. The predicted octanol–water partition coefficient (Wildman–Crippen LogP) is 1.21. The first-order chi connectivity index (χ1) is 10.5. The van der Waals surface area contributed by atoms with Crippen LogP contribution in [-0.2, 0) is 9.59 Å². The van der Waals surface area contributed by atoms with Crippen LogP contribution in [0.1, 0.15) is 51.9 Å². The van der Waals surface area contributed by atoms with Crippen LogP contribution in [-0.4, -0.2) is 36.1 Å². The number of amides is 2. The molecule has 0 aliphatic heterocycles. The molecule has 5 heteroatoms. The Labute approximate surface area is 132 Å². The lowest BCUT2D eigenvalue weighted by molar-refractivity contribution is -0.146. The predicted molar refractivity (Wildman–Crippen MR) is 82.9 cm³/mol. The first-order valence-electron chi connectivity index (χ1n) is 8.69. The molecule has 0 heterocycles. The Morgan fingerprint density at radius 1 is 1.14 bits per heavy atom. The fourth-order valence-electron chi connectivity index (χ4n) is 5.26. The smallest absolute Gasteiger partial charge is 0.226 e. The highest BCUT2D eigenvalue weighted by molar-refractivity contribution is 5.84. The summed E-state index contributed by atoms with van der Waals surface area (Å²) in [6.07, 6.45) is 7.42. The molecule has 4 bridgehead atoms. The number of hydrogen-bond donors (Lipinski definition) is 3. The van der Waals surface area contributed by atoms with Crippen molar-refractivity contribution in [2.24, 2.45) is 23.2 Å². The summed E-state index contributed by atoms with van der Waals surface area (Å²) in [7, 11) is 0. The maximum absolute atomic E-state index is 12.7. The third-order valence-electron chi connectivity index (χ3n) is 5.84. The summed E-state index contributed by atoms with van der Waals surface area (Å²) in [5.74, 6) is 2.32. The van der Waals surface area contributed by atoms with Crippen LogP contribution in [0.4, 0.5) is 0 Å². The number of carbonyl (C=O) groups excluding carboxylic acids is 2. The zero-order valence-electron chi connectivity index (χ0n) is 13.4. The fourth-order valence-corrected chi connectivity index (χ4v) is 5.26. The maximum Gasteiger partial charge on any atom is 0.226 e. The van der Waals surface area contributed by atoms with Gasteiger partial charge in [-0.1, -0.05) is 0 Å². The van der Waals surface area contributed by atoms with Gasteiger partial charge in [0.15, 0.2) is 0 Å². The van der Waals surface area contributed by atoms with Gasteiger partial charge in [0.05, 0.1) is 6.61 Å². The summed E-state index contributed by atoms with van der Waals surface area (Å²) in [5, 5.41) is 14.6. The normalized spacial score (nSPS) is 36.9. The van der Waals surface area contributed by atoms with Crippen molar-refractivity contribution < 1.29 is 14.7 Å². The van der Waals surface area contributed by atoms with E-state index in [2.05, 4.69) is 10.6 Å². The van der Waals surface area contributed by atoms with Gasteiger partial charge in [0.1, 0.15) is 0 Å². The van der Waals surface area contributed by atoms with Crippen LogP contribution < -0.4 is 10.6 Å². The summed E-state index contributed by atoms with van der Waals surface area (Å²) in [5.41, 5.74) is -0.135. The largest absolute Gasteiger partial charge is 0.394 e. The number of rotatable bonds is 6. The second kappa shape index (κ2) is 6.19. The summed E-state index contributed by atoms with van der Waals surface area (Å²) < 4.78 is 0. The topological polar surface area (TPSA) is 78.4 Å². The third-order valence-corrected chi connectivity index (χ3v) is 5.84. The van der Waals surface area contributed by atoms with E-state index in [-0.39, 0.29) is 36.3 Å². The van der Waals surface area contributed by atoms with Gasteiger partial charge in [0, 0.05) is 24.4 Å². The van der Waals surface area contributed by atoms with E-state index in [4.69, 9.17) is 5.11 Å². The molecule has 1 atom stereocenters. The maximum atomic E-state index is 12.7. The lowest BCUT2D eigenvalue weighted by Crippen LogP contribution is -2.53. The first kappa shape index (κ1) is 15.8. The monoisotopic (exact) mass is 308 g/mol. The van der Waals surface area contributed by atoms with Crippen LogP contribution in [0.15, 0.2) is 0 Å². The van der Waals surface area contributed by atoms with E-state index in [0.717, 1.165) is 37.0 Å². The summed E-state index contributed by atoms with van der Waals surface area (Å²) in [6.45, 7) is 2.09. The van der Waals surface area contributed by atoms with Gasteiger partial charge in [-0.3, -0.25) is 9.59 Å². The van der Waals surface area contributed by atoms with E-state index in [0.29, 0.717) is 6.54 Å². The van der Waals surface area contributed by atoms with Crippen molar-refractivity contribution in [3.63, 3.8) is 0 Å². The molecule has 0 aromatic carbocycles. The number of nitrogens with one attached hydrogen (secondary N) is 2. The van der Waals surface area contributed by atoms with E-state index in [1.54, 1.807) is 6.92 Å². The molecule has 4 aliphatic rings. The molecule has 3 N–H and O–H groups in total. The quantitative estimate of drug-likeness (QED) is 0.690. The van der Waals surface area contributed by atoms with Gasteiger partial charge < -0.3 is 15.7 Å². The van der Waals surface area contributed by atoms with Crippen molar-refractivity contribution in [3.8, 4) is 0 Å². The zero-order valence-corrected chi connectivity index (χ0v) is 13.4. The van der Waals surface area contributed by atoms with Crippen molar-refractivity contribution >= 4 is 11.8 Å². The van der Waals surface area contributed by atoms with E-state index in [9.17, 15) is 9.59 Å². The zero-order chi connectivity index (χ0) is 15.7. The molecule has 1 unspecified atom stereocenters. The number of aliphatic hydroxyl groups excluding tert-OH is 1. The Bertz CT molecular complexity index is 414. The molecule has 0 spiro atoms. The fraction of sp³-hybridized carbons (Fsp3) is 0.882. The number of carbonyl (C=O) groups is 2. The average molecular weight is 308 g/mol. The Morgan fingerprint density at radius 3 is 2.18 bits per heavy atom. The van der Waals surface area contributed by atoms with Crippen molar-refractivity contribution in [1.29, 1.82) is 0 Å². The van der Waals surface area contributed by atoms with Crippen molar-refractivity contribution in [2.75, 3.05) is 13.2 Å². The van der Waals surface area contributed by atoms with Crippen LogP contribution in [0.5, 0.6) is 0 Å². The first-order valence-corrected chi connectivity index (χ1v) is 8.69. The van der Waals surface area contributed by atoms with Gasteiger partial charge in [-0.2, -0.15) is 0 Å². The Hall–Kier alpha value is -1.10. The van der Waals surface area contributed by atoms with Crippen molar-refractivity contribution in [2.45, 2.75) is 57.9 Å². The van der Waals surface area contributed by atoms with Crippen molar-refractivity contribution in [3.05, 3.63) is 0 Å². The molecular weight excluding hydrogens is 280 g/mol. The number of hydrogen-bond acceptors (Lipinski definition) is 3. The van der Waals surface area contributed by atoms with Gasteiger partial charge in [-0.05, 0) is 63.2 Å². The molecule has 4 rings (SSSR count). The summed E-state index contributed by atoms with van der Waals surface area (Å²) >= 11 is 0. The van der Waals surface area contributed by atoms with E-state index >= 15 is 0 Å². The highest BCUT2D eigenvalue weighted by atomic mass is 16.3. The van der Waals surface area contributed by atoms with Crippen LogP contribution in [0.2, 0.25) is 0 Å². The van der Waals surface area contributed by atoms with Crippen LogP contribution in [0.25, 0.3) is 0 Å².